The van der Waals surface area contributed by atoms with Crippen molar-refractivity contribution in [3.63, 3.8) is 0 Å². The van der Waals surface area contributed by atoms with E-state index in [2.05, 4.69) is 215 Å². The van der Waals surface area contributed by atoms with Gasteiger partial charge in [-0.3, -0.25) is 0 Å². The molecule has 0 saturated heterocycles. The zero-order chi connectivity index (χ0) is 36.7. The summed E-state index contributed by atoms with van der Waals surface area (Å²) in [5, 5.41) is 12.6. The second-order valence-electron chi connectivity index (χ2n) is 14.9. The zero-order valence-electron chi connectivity index (χ0n) is 30.5. The molecule has 2 nitrogen and oxygen atoms in total. The number of hydrogen-bond acceptors (Lipinski definition) is 0. The summed E-state index contributed by atoms with van der Waals surface area (Å²) >= 11 is 0. The summed E-state index contributed by atoms with van der Waals surface area (Å²) in [5.41, 5.74) is 12.0. The summed E-state index contributed by atoms with van der Waals surface area (Å²) in [6, 6.07) is 75.7. The van der Waals surface area contributed by atoms with E-state index < -0.39 is 0 Å². The van der Waals surface area contributed by atoms with E-state index in [-0.39, 0.29) is 0 Å². The molecule has 56 heavy (non-hydrogen) atoms. The van der Waals surface area contributed by atoms with E-state index in [0.29, 0.717) is 0 Å². The Hall–Kier alpha value is -7.42. The molecular formula is C54H34N2. The van der Waals surface area contributed by atoms with E-state index in [1.165, 1.54) is 98.2 Å². The van der Waals surface area contributed by atoms with Gasteiger partial charge in [0.25, 0.3) is 0 Å². The number of fused-ring (bicyclic) bond motifs is 12. The molecule has 12 aromatic rings. The van der Waals surface area contributed by atoms with Crippen LogP contribution in [0, 0.1) is 0 Å². The summed E-state index contributed by atoms with van der Waals surface area (Å²) in [6.45, 7) is 0. The molecule has 0 aliphatic rings. The van der Waals surface area contributed by atoms with Gasteiger partial charge in [-0.2, -0.15) is 0 Å². The van der Waals surface area contributed by atoms with Gasteiger partial charge < -0.3 is 9.13 Å². The van der Waals surface area contributed by atoms with Crippen molar-refractivity contribution in [3.05, 3.63) is 206 Å². The molecule has 2 heteroatoms. The molecule has 0 radical (unpaired) electrons. The maximum atomic E-state index is 2.52. The maximum absolute atomic E-state index is 2.52. The Morgan fingerprint density at radius 1 is 0.268 bits per heavy atom. The topological polar surface area (TPSA) is 9.86 Å². The maximum Gasteiger partial charge on any atom is 0.0795 e. The molecule has 2 aromatic heterocycles. The first-order valence-corrected chi connectivity index (χ1v) is 19.4. The predicted octanol–water partition coefficient (Wildman–Crippen LogP) is 14.7. The SMILES string of the molecule is c1cc(-c2cccc3ccccc23)cc(-n2c3ccccc3c3c4ccccc4c4c5ccccc5n(-c5ccc(-c6ccc7ccccc7c6)cc5)c4c32)c1. The Morgan fingerprint density at radius 3 is 1.48 bits per heavy atom. The molecule has 0 aliphatic heterocycles. The fraction of sp³-hybridized carbons (Fsp3) is 0. The summed E-state index contributed by atoms with van der Waals surface area (Å²) in [5.74, 6) is 0. The van der Waals surface area contributed by atoms with Crippen LogP contribution < -0.4 is 0 Å². The van der Waals surface area contributed by atoms with Crippen molar-refractivity contribution in [1.29, 1.82) is 0 Å². The van der Waals surface area contributed by atoms with Gasteiger partial charge >= 0.3 is 0 Å². The Kier molecular flexibility index (Phi) is 6.66. The molecule has 0 unspecified atom stereocenters. The lowest BCUT2D eigenvalue weighted by molar-refractivity contribution is 1.15. The first kappa shape index (κ1) is 31.0. The average molecular weight is 711 g/mol. The van der Waals surface area contributed by atoms with Crippen LogP contribution in [0.2, 0.25) is 0 Å². The highest BCUT2D eigenvalue weighted by Crippen LogP contribution is 2.47. The molecule has 0 N–H and O–H groups in total. The van der Waals surface area contributed by atoms with Crippen LogP contribution in [0.15, 0.2) is 206 Å². The van der Waals surface area contributed by atoms with Crippen molar-refractivity contribution < 1.29 is 0 Å². The summed E-state index contributed by atoms with van der Waals surface area (Å²) < 4.78 is 5.03. The standard InChI is InChI=1S/C54H34N2/c1-2-15-38-33-39(28-27-35(38)13-1)36-29-31-41(32-30-36)55-49-25-9-7-22-47(49)51-45-20-5-6-21-46(45)52-48-23-8-10-26-50(48)56(54(52)53(51)55)42-18-11-17-40(34-42)44-24-12-16-37-14-3-4-19-43(37)44/h1-34H. The van der Waals surface area contributed by atoms with E-state index >= 15 is 0 Å². The lowest BCUT2D eigenvalue weighted by Crippen LogP contribution is -1.99. The van der Waals surface area contributed by atoms with Gasteiger partial charge in [0, 0.05) is 32.9 Å². The van der Waals surface area contributed by atoms with Crippen LogP contribution in [-0.4, -0.2) is 9.13 Å². The third-order valence-electron chi connectivity index (χ3n) is 11.9. The molecule has 0 atom stereocenters. The van der Waals surface area contributed by atoms with Crippen molar-refractivity contribution in [3.8, 4) is 33.6 Å². The van der Waals surface area contributed by atoms with Crippen molar-refractivity contribution in [2.24, 2.45) is 0 Å². The largest absolute Gasteiger partial charge is 0.307 e. The minimum atomic E-state index is 1.14. The van der Waals surface area contributed by atoms with Gasteiger partial charge in [-0.15, -0.1) is 0 Å². The van der Waals surface area contributed by atoms with Crippen LogP contribution in [0.5, 0.6) is 0 Å². The van der Waals surface area contributed by atoms with Crippen LogP contribution in [0.4, 0.5) is 0 Å². The summed E-state index contributed by atoms with van der Waals surface area (Å²) in [4.78, 5) is 0. The lowest BCUT2D eigenvalue weighted by Gasteiger charge is -2.15. The molecule has 12 rings (SSSR count). The average Bonchev–Trinajstić information content (AvgIpc) is 3.80. The van der Waals surface area contributed by atoms with E-state index in [4.69, 9.17) is 0 Å². The fourth-order valence-electron chi connectivity index (χ4n) is 9.39. The summed E-state index contributed by atoms with van der Waals surface area (Å²) in [7, 11) is 0. The molecule has 10 aromatic carbocycles. The number of rotatable bonds is 4. The third kappa shape index (κ3) is 4.50. The molecule has 2 heterocycles. The van der Waals surface area contributed by atoms with Gasteiger partial charge in [-0.05, 0) is 97.0 Å². The molecular weight excluding hydrogens is 677 g/mol. The highest BCUT2D eigenvalue weighted by atomic mass is 15.0. The van der Waals surface area contributed by atoms with Crippen LogP contribution in [0.1, 0.15) is 0 Å². The predicted molar refractivity (Wildman–Crippen MR) is 239 cm³/mol. The smallest absolute Gasteiger partial charge is 0.0795 e. The molecule has 0 saturated carbocycles. The highest BCUT2D eigenvalue weighted by molar-refractivity contribution is 6.36. The second kappa shape index (κ2) is 12.0. The normalized spacial score (nSPS) is 11.9. The minimum absolute atomic E-state index is 1.14. The molecule has 0 aliphatic carbocycles. The lowest BCUT2D eigenvalue weighted by atomic mass is 9.97. The van der Waals surface area contributed by atoms with E-state index in [0.717, 1.165) is 11.4 Å². The first-order valence-electron chi connectivity index (χ1n) is 19.4. The van der Waals surface area contributed by atoms with Crippen molar-refractivity contribution >= 4 is 75.9 Å². The Balaban J connectivity index is 1.19. The number of para-hydroxylation sites is 2. The number of nitrogens with zero attached hydrogens (tertiary/aromatic N) is 2. The van der Waals surface area contributed by atoms with Gasteiger partial charge in [-0.1, -0.05) is 164 Å². The molecule has 260 valence electrons. The van der Waals surface area contributed by atoms with Crippen LogP contribution >= 0.6 is 0 Å². The Labute approximate surface area is 323 Å². The first-order chi connectivity index (χ1) is 27.8. The van der Waals surface area contributed by atoms with Crippen LogP contribution in [-0.2, 0) is 0 Å². The van der Waals surface area contributed by atoms with Gasteiger partial charge in [0.1, 0.15) is 0 Å². The third-order valence-corrected chi connectivity index (χ3v) is 11.9. The molecule has 0 bridgehead atoms. The quantitative estimate of drug-likeness (QED) is 0.172. The van der Waals surface area contributed by atoms with Gasteiger partial charge in [0.05, 0.1) is 22.1 Å². The van der Waals surface area contributed by atoms with Crippen molar-refractivity contribution in [2.75, 3.05) is 0 Å². The van der Waals surface area contributed by atoms with Gasteiger partial charge in [0.15, 0.2) is 0 Å². The van der Waals surface area contributed by atoms with Crippen molar-refractivity contribution in [1.82, 2.24) is 9.13 Å². The Bertz CT molecular complexity index is 3520. The molecule has 0 amide bonds. The van der Waals surface area contributed by atoms with Crippen LogP contribution in [0.3, 0.4) is 0 Å². The number of hydrogen-bond donors (Lipinski definition) is 0. The monoisotopic (exact) mass is 710 g/mol. The molecule has 0 fully saturated rings. The van der Waals surface area contributed by atoms with Crippen LogP contribution in [0.25, 0.3) is 110 Å². The van der Waals surface area contributed by atoms with Gasteiger partial charge in [0.2, 0.25) is 0 Å². The van der Waals surface area contributed by atoms with E-state index in [9.17, 15) is 0 Å². The highest BCUT2D eigenvalue weighted by Gasteiger charge is 2.24. The van der Waals surface area contributed by atoms with E-state index in [1.54, 1.807) is 0 Å². The number of aromatic nitrogens is 2. The minimum Gasteiger partial charge on any atom is -0.307 e. The fourth-order valence-corrected chi connectivity index (χ4v) is 9.39. The van der Waals surface area contributed by atoms with Crippen molar-refractivity contribution in [2.45, 2.75) is 0 Å². The van der Waals surface area contributed by atoms with Gasteiger partial charge in [-0.25, -0.2) is 0 Å². The zero-order valence-corrected chi connectivity index (χ0v) is 30.5. The Morgan fingerprint density at radius 2 is 0.786 bits per heavy atom. The number of benzene rings is 10. The molecule has 0 spiro atoms. The summed E-state index contributed by atoms with van der Waals surface area (Å²) in [6.07, 6.45) is 0. The van der Waals surface area contributed by atoms with E-state index in [1.807, 2.05) is 0 Å². The second-order valence-corrected chi connectivity index (χ2v) is 14.9.